The molecule has 0 amide bonds. The molecular weight excluding hydrogens is 600 g/mol. The number of hydrogen-bond donors (Lipinski definition) is 1. The van der Waals surface area contributed by atoms with Crippen molar-refractivity contribution in [3.8, 4) is 6.07 Å². The lowest BCUT2D eigenvalue weighted by Crippen LogP contribution is -2.23. The number of halogens is 2. The van der Waals surface area contributed by atoms with Gasteiger partial charge in [0.2, 0.25) is 0 Å². The molecular formula is C23H20Br2N6O3S. The Hall–Kier alpha value is -2.98. The van der Waals surface area contributed by atoms with Gasteiger partial charge in [0.1, 0.15) is 5.69 Å². The zero-order valence-electron chi connectivity index (χ0n) is 18.5. The normalized spacial score (nSPS) is 11.7. The van der Waals surface area contributed by atoms with Crippen molar-refractivity contribution >= 4 is 70.4 Å². The lowest BCUT2D eigenvalue weighted by Gasteiger charge is -2.21. The molecule has 3 rings (SSSR count). The van der Waals surface area contributed by atoms with Gasteiger partial charge < -0.3 is 4.90 Å². The van der Waals surface area contributed by atoms with Gasteiger partial charge in [0.15, 0.2) is 0 Å². The predicted molar refractivity (Wildman–Crippen MR) is 141 cm³/mol. The number of azo groups is 2. The lowest BCUT2D eigenvalue weighted by molar-refractivity contribution is 0.483. The van der Waals surface area contributed by atoms with Crippen LogP contribution in [0.2, 0.25) is 0 Å². The van der Waals surface area contributed by atoms with Crippen LogP contribution in [0.1, 0.15) is 13.3 Å². The van der Waals surface area contributed by atoms with E-state index in [0.29, 0.717) is 44.7 Å². The SMILES string of the molecule is CCN(CCC#N)c1ccc(N=Nc2c(Br)cc(N=Nc3ccc(S(=O)(=O)O)cc3)cc2Br)cc1. The molecule has 1 N–H and O–H groups in total. The summed E-state index contributed by atoms with van der Waals surface area (Å²) in [5.41, 5.74) is 3.23. The summed E-state index contributed by atoms with van der Waals surface area (Å²) in [6, 6.07) is 18.6. The number of hydrogen-bond acceptors (Lipinski definition) is 8. The van der Waals surface area contributed by atoms with E-state index in [9.17, 15) is 8.42 Å². The zero-order chi connectivity index (χ0) is 25.4. The van der Waals surface area contributed by atoms with Crippen molar-refractivity contribution in [1.82, 2.24) is 0 Å². The van der Waals surface area contributed by atoms with Crippen molar-refractivity contribution in [2.45, 2.75) is 18.2 Å². The standard InChI is InChI=1S/C23H20Br2N6O3S/c1-2-31(13-3-12-26)19-8-4-16(5-9-19)28-30-23-21(24)14-18(15-22(23)25)29-27-17-6-10-20(11-7-17)35(32,33)34/h4-11,14-15H,2-3,13H2,1H3,(H,32,33,34). The van der Waals surface area contributed by atoms with Gasteiger partial charge in [0.25, 0.3) is 10.1 Å². The molecule has 0 unspecified atom stereocenters. The van der Waals surface area contributed by atoms with Gasteiger partial charge in [-0.15, -0.1) is 5.11 Å². The van der Waals surface area contributed by atoms with Gasteiger partial charge in [-0.3, -0.25) is 4.55 Å². The molecule has 0 bridgehead atoms. The summed E-state index contributed by atoms with van der Waals surface area (Å²) in [6.07, 6.45) is 0.466. The lowest BCUT2D eigenvalue weighted by atomic mass is 10.2. The van der Waals surface area contributed by atoms with Crippen molar-refractivity contribution in [2.24, 2.45) is 20.5 Å². The molecule has 0 fully saturated rings. The number of benzene rings is 3. The Morgan fingerprint density at radius 1 is 0.886 bits per heavy atom. The van der Waals surface area contributed by atoms with Gasteiger partial charge >= 0.3 is 0 Å². The van der Waals surface area contributed by atoms with E-state index >= 15 is 0 Å². The highest BCUT2D eigenvalue weighted by molar-refractivity contribution is 9.11. The molecule has 12 heteroatoms. The minimum absolute atomic E-state index is 0.215. The van der Waals surface area contributed by atoms with E-state index in [1.54, 1.807) is 12.1 Å². The van der Waals surface area contributed by atoms with E-state index in [4.69, 9.17) is 9.81 Å². The highest BCUT2D eigenvalue weighted by Crippen LogP contribution is 2.39. The minimum atomic E-state index is -4.26. The Labute approximate surface area is 220 Å². The highest BCUT2D eigenvalue weighted by Gasteiger charge is 2.10. The molecule has 0 aliphatic rings. The maximum absolute atomic E-state index is 11.1. The molecule has 180 valence electrons. The fourth-order valence-corrected chi connectivity index (χ4v) is 4.80. The molecule has 0 radical (unpaired) electrons. The molecule has 0 saturated carbocycles. The van der Waals surface area contributed by atoms with Crippen LogP contribution in [0.15, 0.2) is 95.0 Å². The first-order valence-electron chi connectivity index (χ1n) is 10.3. The zero-order valence-corrected chi connectivity index (χ0v) is 22.5. The summed E-state index contributed by atoms with van der Waals surface area (Å²) < 4.78 is 32.6. The number of nitrogens with zero attached hydrogens (tertiary/aromatic N) is 6. The van der Waals surface area contributed by atoms with Crippen molar-refractivity contribution in [1.29, 1.82) is 5.26 Å². The molecule has 3 aromatic rings. The monoisotopic (exact) mass is 618 g/mol. The van der Waals surface area contributed by atoms with Crippen LogP contribution in [0.4, 0.5) is 28.4 Å². The first-order valence-corrected chi connectivity index (χ1v) is 13.4. The van der Waals surface area contributed by atoms with Crippen LogP contribution in [0, 0.1) is 11.3 Å². The summed E-state index contributed by atoms with van der Waals surface area (Å²) in [5, 5.41) is 25.7. The Morgan fingerprint density at radius 3 is 1.91 bits per heavy atom. The van der Waals surface area contributed by atoms with Crippen LogP contribution >= 0.6 is 31.9 Å². The minimum Gasteiger partial charge on any atom is -0.371 e. The molecule has 0 heterocycles. The second kappa shape index (κ2) is 12.1. The van der Waals surface area contributed by atoms with Crippen LogP contribution in [0.5, 0.6) is 0 Å². The Bertz CT molecular complexity index is 1360. The largest absolute Gasteiger partial charge is 0.371 e. The average Bonchev–Trinajstić information content (AvgIpc) is 2.83. The van der Waals surface area contributed by atoms with Gasteiger partial charge in [-0.25, -0.2) is 0 Å². The Kier molecular flexibility index (Phi) is 9.22. The van der Waals surface area contributed by atoms with Gasteiger partial charge in [-0.05, 0) is 99.4 Å². The third-order valence-corrected chi connectivity index (χ3v) is 6.85. The third kappa shape index (κ3) is 7.50. The van der Waals surface area contributed by atoms with Crippen LogP contribution in [0.25, 0.3) is 0 Å². The van der Waals surface area contributed by atoms with E-state index in [1.807, 2.05) is 31.2 Å². The number of nitriles is 1. The summed E-state index contributed by atoms with van der Waals surface area (Å²) in [6.45, 7) is 3.53. The van der Waals surface area contributed by atoms with Gasteiger partial charge in [0.05, 0.1) is 34.4 Å². The number of rotatable bonds is 9. The first kappa shape index (κ1) is 26.6. The quantitative estimate of drug-likeness (QED) is 0.191. The average molecular weight is 620 g/mol. The van der Waals surface area contributed by atoms with Crippen LogP contribution in [0.3, 0.4) is 0 Å². The second-order valence-corrected chi connectivity index (χ2v) is 10.3. The van der Waals surface area contributed by atoms with Crippen molar-refractivity contribution in [3.05, 3.63) is 69.6 Å². The van der Waals surface area contributed by atoms with Crippen LogP contribution in [-0.4, -0.2) is 26.1 Å². The molecule has 0 aliphatic carbocycles. The molecule has 0 aromatic heterocycles. The molecule has 0 aliphatic heterocycles. The maximum Gasteiger partial charge on any atom is 0.294 e. The molecule has 0 atom stereocenters. The van der Waals surface area contributed by atoms with E-state index in [2.05, 4.69) is 63.3 Å². The Morgan fingerprint density at radius 2 is 1.40 bits per heavy atom. The van der Waals surface area contributed by atoms with Crippen molar-refractivity contribution in [2.75, 3.05) is 18.0 Å². The van der Waals surface area contributed by atoms with E-state index in [-0.39, 0.29) is 4.90 Å². The summed E-state index contributed by atoms with van der Waals surface area (Å²) in [5.74, 6) is 0. The topological polar surface area (TPSA) is 131 Å². The summed E-state index contributed by atoms with van der Waals surface area (Å²) in [7, 11) is -4.26. The van der Waals surface area contributed by atoms with Crippen LogP contribution < -0.4 is 4.90 Å². The second-order valence-electron chi connectivity index (χ2n) is 7.13. The summed E-state index contributed by atoms with van der Waals surface area (Å²) in [4.78, 5) is 1.90. The smallest absolute Gasteiger partial charge is 0.294 e. The third-order valence-electron chi connectivity index (χ3n) is 4.77. The molecule has 9 nitrogen and oxygen atoms in total. The fraction of sp³-hybridized carbons (Fsp3) is 0.174. The van der Waals surface area contributed by atoms with E-state index < -0.39 is 10.1 Å². The van der Waals surface area contributed by atoms with Gasteiger partial charge in [0, 0.05) is 27.7 Å². The van der Waals surface area contributed by atoms with Crippen LogP contribution in [-0.2, 0) is 10.1 Å². The predicted octanol–water partition coefficient (Wildman–Crippen LogP) is 8.03. The van der Waals surface area contributed by atoms with Gasteiger partial charge in [-0.2, -0.15) is 29.0 Å². The van der Waals surface area contributed by atoms with Crippen molar-refractivity contribution < 1.29 is 13.0 Å². The number of anilines is 1. The highest BCUT2D eigenvalue weighted by atomic mass is 79.9. The molecule has 0 saturated heterocycles. The molecule has 35 heavy (non-hydrogen) atoms. The first-order chi connectivity index (χ1) is 16.7. The molecule has 0 spiro atoms. The summed E-state index contributed by atoms with van der Waals surface area (Å²) >= 11 is 6.96. The maximum atomic E-state index is 11.1. The van der Waals surface area contributed by atoms with E-state index in [1.165, 1.54) is 24.3 Å². The molecule has 3 aromatic carbocycles. The van der Waals surface area contributed by atoms with E-state index in [0.717, 1.165) is 12.2 Å². The van der Waals surface area contributed by atoms with Gasteiger partial charge in [-0.1, -0.05) is 0 Å². The Balaban J connectivity index is 1.73. The van der Waals surface area contributed by atoms with Crippen molar-refractivity contribution in [3.63, 3.8) is 0 Å². The fourth-order valence-electron chi connectivity index (χ4n) is 3.00.